The van der Waals surface area contributed by atoms with E-state index >= 15 is 0 Å². The minimum Gasteiger partial charge on any atom is -0.366 e. The number of nitrogens with one attached hydrogen (secondary N) is 4. The number of carbonyl (C=O) groups is 2. The Morgan fingerprint density at radius 3 is 2.66 bits per heavy atom. The Morgan fingerprint density at radius 2 is 1.94 bits per heavy atom. The van der Waals surface area contributed by atoms with E-state index in [0.717, 1.165) is 55.0 Å². The highest BCUT2D eigenvalue weighted by molar-refractivity contribution is 6.01. The molecule has 1 aliphatic carbocycles. The lowest BCUT2D eigenvalue weighted by atomic mass is 9.97. The monoisotopic (exact) mass is 473 g/mol. The third-order valence-electron chi connectivity index (χ3n) is 6.80. The van der Waals surface area contributed by atoms with Crippen molar-refractivity contribution in [2.45, 2.75) is 25.4 Å². The van der Waals surface area contributed by atoms with Crippen LogP contribution in [0.2, 0.25) is 0 Å². The molecule has 2 fully saturated rings. The minimum absolute atomic E-state index is 0.0347. The van der Waals surface area contributed by atoms with Gasteiger partial charge >= 0.3 is 0 Å². The molecular formula is C24H27N9O2. The van der Waals surface area contributed by atoms with E-state index in [0.29, 0.717) is 17.5 Å². The lowest BCUT2D eigenvalue weighted by Crippen LogP contribution is -2.44. The summed E-state index contributed by atoms with van der Waals surface area (Å²) in [6.45, 7) is 2.59. The van der Waals surface area contributed by atoms with Crippen molar-refractivity contribution in [2.75, 3.05) is 42.7 Å². The molecule has 3 aromatic rings. The molecule has 0 spiro atoms. The van der Waals surface area contributed by atoms with Crippen LogP contribution in [0.4, 0.5) is 22.9 Å². The van der Waals surface area contributed by atoms with Gasteiger partial charge in [0, 0.05) is 50.3 Å². The summed E-state index contributed by atoms with van der Waals surface area (Å²) < 4.78 is 2.14. The molecule has 0 unspecified atom stereocenters. The maximum atomic E-state index is 12.5. The van der Waals surface area contributed by atoms with Gasteiger partial charge in [0.1, 0.15) is 0 Å². The summed E-state index contributed by atoms with van der Waals surface area (Å²) in [5.74, 6) is -0.0859. The van der Waals surface area contributed by atoms with Crippen LogP contribution in [-0.2, 0) is 11.3 Å². The predicted molar refractivity (Wildman–Crippen MR) is 132 cm³/mol. The molecule has 35 heavy (non-hydrogen) atoms. The molecule has 1 saturated heterocycles. The Balaban J connectivity index is 1.37. The highest BCUT2D eigenvalue weighted by atomic mass is 16.2. The first-order valence-corrected chi connectivity index (χ1v) is 11.8. The summed E-state index contributed by atoms with van der Waals surface area (Å²) in [5, 5.41) is 25.0. The molecule has 6 rings (SSSR count). The van der Waals surface area contributed by atoms with Crippen molar-refractivity contribution in [1.82, 2.24) is 30.6 Å². The van der Waals surface area contributed by atoms with Gasteiger partial charge in [-0.25, -0.2) is 0 Å². The lowest BCUT2D eigenvalue weighted by Gasteiger charge is -2.34. The van der Waals surface area contributed by atoms with Crippen LogP contribution in [-0.4, -0.2) is 59.0 Å². The minimum atomic E-state index is -0.365. The van der Waals surface area contributed by atoms with Gasteiger partial charge in [0.25, 0.3) is 5.91 Å². The van der Waals surface area contributed by atoms with E-state index in [4.69, 9.17) is 5.10 Å². The van der Waals surface area contributed by atoms with Gasteiger partial charge in [0.15, 0.2) is 11.5 Å². The number of benzene rings is 1. The summed E-state index contributed by atoms with van der Waals surface area (Å²) in [5.41, 5.74) is 5.84. The van der Waals surface area contributed by atoms with Crippen molar-refractivity contribution in [3.05, 3.63) is 41.9 Å². The number of hydrogen-bond donors (Lipinski definition) is 4. The topological polar surface area (TPSA) is 129 Å². The van der Waals surface area contributed by atoms with E-state index in [1.165, 1.54) is 5.69 Å². The molecule has 4 heterocycles. The summed E-state index contributed by atoms with van der Waals surface area (Å²) in [6.07, 6.45) is 3.72. The van der Waals surface area contributed by atoms with Crippen LogP contribution in [0.15, 0.2) is 30.5 Å². The number of hydrogen-bond acceptors (Lipinski definition) is 8. The first-order valence-electron chi connectivity index (χ1n) is 11.8. The Morgan fingerprint density at radius 1 is 1.11 bits per heavy atom. The second kappa shape index (κ2) is 8.35. The molecular weight excluding hydrogens is 446 g/mol. The highest BCUT2D eigenvalue weighted by Gasteiger charge is 2.32. The Hall–Kier alpha value is -3.99. The zero-order valence-electron chi connectivity index (χ0n) is 19.6. The largest absolute Gasteiger partial charge is 0.366 e. The number of carbonyl (C=O) groups excluding carboxylic acids is 2. The van der Waals surface area contributed by atoms with Gasteiger partial charge in [-0.2, -0.15) is 5.10 Å². The fraction of sp³-hybridized carbons (Fsp3) is 0.375. The van der Waals surface area contributed by atoms with E-state index in [1.54, 1.807) is 13.1 Å². The van der Waals surface area contributed by atoms with Gasteiger partial charge in [-0.1, -0.05) is 12.1 Å². The standard InChI is InChI=1S/C24H27N9O2/c1-25-24(35)21-18(8-20(30-31-21)29-23(34)13-6-7-13)28-17-5-3-4-15-16-11-27-33(14-9-26-10-14)19(16)12-32(2)22(15)17/h3-5,8,11,13-14,26H,6-7,9-10,12H2,1-2H3,(H,25,35)(H2,28,29,30,34). The fourth-order valence-corrected chi connectivity index (χ4v) is 4.66. The van der Waals surface area contributed by atoms with Crippen LogP contribution >= 0.6 is 0 Å². The molecule has 180 valence electrons. The molecule has 1 aromatic carbocycles. The Bertz CT molecular complexity index is 1330. The number of nitrogens with zero attached hydrogens (tertiary/aromatic N) is 5. The smallest absolute Gasteiger partial charge is 0.273 e. The van der Waals surface area contributed by atoms with Crippen LogP contribution in [0.5, 0.6) is 0 Å². The summed E-state index contributed by atoms with van der Waals surface area (Å²) in [7, 11) is 3.60. The number of para-hydroxylation sites is 1. The van der Waals surface area contributed by atoms with E-state index < -0.39 is 0 Å². The van der Waals surface area contributed by atoms with Crippen molar-refractivity contribution < 1.29 is 9.59 Å². The molecule has 2 aromatic heterocycles. The number of aromatic nitrogens is 4. The Labute approximate surface area is 202 Å². The average molecular weight is 474 g/mol. The van der Waals surface area contributed by atoms with Crippen molar-refractivity contribution in [3.8, 4) is 11.1 Å². The molecule has 0 atom stereocenters. The van der Waals surface area contributed by atoms with Gasteiger partial charge in [0.2, 0.25) is 5.91 Å². The molecule has 11 heteroatoms. The first-order chi connectivity index (χ1) is 17.0. The van der Waals surface area contributed by atoms with Gasteiger partial charge in [-0.05, 0) is 18.9 Å². The van der Waals surface area contributed by atoms with Crippen LogP contribution in [0.1, 0.15) is 35.1 Å². The van der Waals surface area contributed by atoms with Gasteiger partial charge in [-0.15, -0.1) is 10.2 Å². The zero-order chi connectivity index (χ0) is 24.1. The fourth-order valence-electron chi connectivity index (χ4n) is 4.66. The van der Waals surface area contributed by atoms with E-state index in [9.17, 15) is 9.59 Å². The third-order valence-corrected chi connectivity index (χ3v) is 6.80. The normalized spacial score (nSPS) is 16.7. The van der Waals surface area contributed by atoms with Crippen LogP contribution in [0.25, 0.3) is 11.1 Å². The third kappa shape index (κ3) is 3.77. The van der Waals surface area contributed by atoms with Gasteiger partial charge in [-0.3, -0.25) is 14.3 Å². The second-order valence-corrected chi connectivity index (χ2v) is 9.28. The van der Waals surface area contributed by atoms with E-state index in [1.807, 2.05) is 18.3 Å². The predicted octanol–water partition coefficient (Wildman–Crippen LogP) is 1.89. The number of anilines is 4. The van der Waals surface area contributed by atoms with Crippen LogP contribution in [0.3, 0.4) is 0 Å². The van der Waals surface area contributed by atoms with E-state index in [2.05, 4.69) is 54.2 Å². The van der Waals surface area contributed by atoms with Crippen LogP contribution in [0, 0.1) is 5.92 Å². The van der Waals surface area contributed by atoms with Crippen LogP contribution < -0.4 is 26.2 Å². The van der Waals surface area contributed by atoms with Crippen molar-refractivity contribution in [2.24, 2.45) is 5.92 Å². The van der Waals surface area contributed by atoms with Gasteiger partial charge < -0.3 is 26.2 Å². The zero-order valence-corrected chi connectivity index (χ0v) is 19.6. The molecule has 3 aliphatic rings. The second-order valence-electron chi connectivity index (χ2n) is 9.28. The van der Waals surface area contributed by atoms with Crippen molar-refractivity contribution in [1.29, 1.82) is 0 Å². The molecule has 2 aliphatic heterocycles. The molecule has 0 radical (unpaired) electrons. The molecule has 11 nitrogen and oxygen atoms in total. The molecule has 1 saturated carbocycles. The highest BCUT2D eigenvalue weighted by Crippen LogP contribution is 2.44. The molecule has 2 amide bonds. The number of amides is 2. The molecule has 0 bridgehead atoms. The maximum absolute atomic E-state index is 12.5. The quantitative estimate of drug-likeness (QED) is 0.427. The Kier molecular flexibility index (Phi) is 5.14. The maximum Gasteiger partial charge on any atom is 0.273 e. The summed E-state index contributed by atoms with van der Waals surface area (Å²) >= 11 is 0. The van der Waals surface area contributed by atoms with Crippen molar-refractivity contribution in [3.63, 3.8) is 0 Å². The lowest BCUT2D eigenvalue weighted by molar-refractivity contribution is -0.117. The summed E-state index contributed by atoms with van der Waals surface area (Å²) in [4.78, 5) is 27.0. The number of fused-ring (bicyclic) bond motifs is 3. The molecule has 4 N–H and O–H groups in total. The van der Waals surface area contributed by atoms with Crippen molar-refractivity contribution >= 4 is 34.7 Å². The first kappa shape index (κ1) is 21.5. The van der Waals surface area contributed by atoms with E-state index in [-0.39, 0.29) is 23.4 Å². The number of rotatable bonds is 6. The van der Waals surface area contributed by atoms with Gasteiger partial charge in [0.05, 0.1) is 41.5 Å². The SMILES string of the molecule is CNC(=O)c1nnc(NC(=O)C2CC2)cc1Nc1cccc2c1N(C)Cc1c-2cnn1C1CNC1. The average Bonchev–Trinajstić information content (AvgIpc) is 3.60. The summed E-state index contributed by atoms with van der Waals surface area (Å²) in [6, 6.07) is 8.09.